The number of nitrogens with zero attached hydrogens (tertiary/aromatic N) is 1. The number of aromatic nitrogens is 1. The van der Waals surface area contributed by atoms with Crippen molar-refractivity contribution in [2.75, 3.05) is 0 Å². The monoisotopic (exact) mass is 220 g/mol. The highest BCUT2D eigenvalue weighted by atomic mass is 35.5. The van der Waals surface area contributed by atoms with Crippen LogP contribution in [-0.4, -0.2) is 4.98 Å². The Morgan fingerprint density at radius 3 is 2.67 bits per heavy atom. The van der Waals surface area contributed by atoms with Crippen molar-refractivity contribution < 1.29 is 0 Å². The Hall–Kier alpha value is -1.12. The molecule has 2 N–H and O–H groups in total. The molecule has 0 fully saturated rings. The molecule has 2 nitrogen and oxygen atoms in total. The van der Waals surface area contributed by atoms with Crippen LogP contribution in [0, 0.1) is 13.8 Å². The van der Waals surface area contributed by atoms with E-state index in [2.05, 4.69) is 4.98 Å². The van der Waals surface area contributed by atoms with E-state index in [0.29, 0.717) is 6.54 Å². The number of pyridine rings is 1. The van der Waals surface area contributed by atoms with Gasteiger partial charge in [0.2, 0.25) is 0 Å². The Morgan fingerprint density at radius 1 is 1.27 bits per heavy atom. The zero-order chi connectivity index (χ0) is 11.0. The molecule has 0 spiro atoms. The van der Waals surface area contributed by atoms with E-state index in [1.165, 1.54) is 0 Å². The zero-order valence-corrected chi connectivity index (χ0v) is 9.60. The number of fused-ring (bicyclic) bond motifs is 1. The molecule has 1 aromatic carbocycles. The fourth-order valence-electron chi connectivity index (χ4n) is 1.73. The van der Waals surface area contributed by atoms with E-state index in [1.54, 1.807) is 0 Å². The van der Waals surface area contributed by atoms with Gasteiger partial charge in [0.25, 0.3) is 0 Å². The van der Waals surface area contributed by atoms with E-state index in [1.807, 2.05) is 32.0 Å². The van der Waals surface area contributed by atoms with Crippen molar-refractivity contribution >= 4 is 22.5 Å². The van der Waals surface area contributed by atoms with Gasteiger partial charge < -0.3 is 5.73 Å². The van der Waals surface area contributed by atoms with Crippen LogP contribution in [-0.2, 0) is 6.54 Å². The zero-order valence-electron chi connectivity index (χ0n) is 8.84. The van der Waals surface area contributed by atoms with Gasteiger partial charge in [-0.05, 0) is 43.2 Å². The molecular formula is C12H13ClN2. The van der Waals surface area contributed by atoms with Gasteiger partial charge in [0.1, 0.15) is 0 Å². The second-order valence-electron chi connectivity index (χ2n) is 3.75. The first-order valence-electron chi connectivity index (χ1n) is 4.88. The van der Waals surface area contributed by atoms with E-state index < -0.39 is 0 Å². The summed E-state index contributed by atoms with van der Waals surface area (Å²) in [7, 11) is 0. The Balaban J connectivity index is 2.81. The summed E-state index contributed by atoms with van der Waals surface area (Å²) in [6.07, 6.45) is 0. The largest absolute Gasteiger partial charge is 0.326 e. The molecule has 78 valence electrons. The van der Waals surface area contributed by atoms with E-state index >= 15 is 0 Å². The molecule has 2 rings (SSSR count). The number of rotatable bonds is 1. The third-order valence-electron chi connectivity index (χ3n) is 2.56. The molecule has 0 unspecified atom stereocenters. The third-order valence-corrected chi connectivity index (χ3v) is 2.88. The molecule has 1 heterocycles. The molecule has 0 radical (unpaired) electrons. The Bertz CT molecular complexity index is 521. The second kappa shape index (κ2) is 3.80. The standard InChI is InChI=1S/C12H13ClN2/c1-7-3-10-11(13)4-8(2)15-12(10)5-9(7)6-14/h3-5H,6,14H2,1-2H3. The number of hydrogen-bond donors (Lipinski definition) is 1. The maximum atomic E-state index is 6.16. The van der Waals surface area contributed by atoms with Crippen molar-refractivity contribution in [3.8, 4) is 0 Å². The summed E-state index contributed by atoms with van der Waals surface area (Å²) in [5, 5.41) is 1.75. The van der Waals surface area contributed by atoms with Gasteiger partial charge in [-0.3, -0.25) is 4.98 Å². The normalized spacial score (nSPS) is 10.9. The van der Waals surface area contributed by atoms with Crippen molar-refractivity contribution in [1.29, 1.82) is 0 Å². The smallest absolute Gasteiger partial charge is 0.0723 e. The summed E-state index contributed by atoms with van der Waals surface area (Å²) in [6, 6.07) is 5.95. The average Bonchev–Trinajstić information content (AvgIpc) is 2.18. The quantitative estimate of drug-likeness (QED) is 0.803. The Kier molecular flexibility index (Phi) is 2.63. The van der Waals surface area contributed by atoms with Gasteiger partial charge in [0.05, 0.1) is 10.5 Å². The number of nitrogens with two attached hydrogens (primary N) is 1. The topological polar surface area (TPSA) is 38.9 Å². The lowest BCUT2D eigenvalue weighted by Gasteiger charge is -2.07. The first kappa shape index (κ1) is 10.4. The summed E-state index contributed by atoms with van der Waals surface area (Å²) in [4.78, 5) is 4.45. The van der Waals surface area contributed by atoms with Gasteiger partial charge in [0.15, 0.2) is 0 Å². The minimum Gasteiger partial charge on any atom is -0.326 e. The van der Waals surface area contributed by atoms with Crippen LogP contribution in [0.1, 0.15) is 16.8 Å². The minimum atomic E-state index is 0.537. The lowest BCUT2D eigenvalue weighted by atomic mass is 10.0. The molecular weight excluding hydrogens is 208 g/mol. The van der Waals surface area contributed by atoms with Crippen LogP contribution in [0.4, 0.5) is 0 Å². The van der Waals surface area contributed by atoms with Crippen LogP contribution >= 0.6 is 11.6 Å². The lowest BCUT2D eigenvalue weighted by Crippen LogP contribution is -1.99. The highest BCUT2D eigenvalue weighted by Gasteiger charge is 2.05. The van der Waals surface area contributed by atoms with E-state index in [-0.39, 0.29) is 0 Å². The SMILES string of the molecule is Cc1cc(Cl)c2cc(C)c(CN)cc2n1. The minimum absolute atomic E-state index is 0.537. The third kappa shape index (κ3) is 1.83. The number of aryl methyl sites for hydroxylation is 2. The second-order valence-corrected chi connectivity index (χ2v) is 4.15. The van der Waals surface area contributed by atoms with Gasteiger partial charge in [-0.2, -0.15) is 0 Å². The van der Waals surface area contributed by atoms with Gasteiger partial charge >= 0.3 is 0 Å². The highest BCUT2D eigenvalue weighted by Crippen LogP contribution is 2.25. The molecule has 0 saturated heterocycles. The summed E-state index contributed by atoms with van der Waals surface area (Å²) >= 11 is 6.16. The Morgan fingerprint density at radius 2 is 2.00 bits per heavy atom. The molecule has 3 heteroatoms. The van der Waals surface area contributed by atoms with Crippen molar-refractivity contribution in [1.82, 2.24) is 4.98 Å². The van der Waals surface area contributed by atoms with Gasteiger partial charge in [-0.15, -0.1) is 0 Å². The van der Waals surface area contributed by atoms with E-state index in [0.717, 1.165) is 32.7 Å². The molecule has 0 saturated carbocycles. The predicted molar refractivity (Wildman–Crippen MR) is 64.1 cm³/mol. The predicted octanol–water partition coefficient (Wildman–Crippen LogP) is 2.96. The number of halogens is 1. The summed E-state index contributed by atoms with van der Waals surface area (Å²) in [6.45, 7) is 4.51. The van der Waals surface area contributed by atoms with Crippen LogP contribution in [0.15, 0.2) is 18.2 Å². The van der Waals surface area contributed by atoms with Gasteiger partial charge in [0, 0.05) is 17.6 Å². The highest BCUT2D eigenvalue weighted by molar-refractivity contribution is 6.35. The molecule has 1 aromatic heterocycles. The molecule has 0 amide bonds. The summed E-state index contributed by atoms with van der Waals surface area (Å²) in [5.41, 5.74) is 9.80. The van der Waals surface area contributed by atoms with Crippen LogP contribution in [0.25, 0.3) is 10.9 Å². The molecule has 0 bridgehead atoms. The summed E-state index contributed by atoms with van der Waals surface area (Å²) in [5.74, 6) is 0. The van der Waals surface area contributed by atoms with E-state index in [4.69, 9.17) is 17.3 Å². The molecule has 0 aliphatic rings. The fourth-order valence-corrected chi connectivity index (χ4v) is 2.04. The van der Waals surface area contributed by atoms with Crippen LogP contribution in [0.5, 0.6) is 0 Å². The van der Waals surface area contributed by atoms with Crippen molar-refractivity contribution in [2.45, 2.75) is 20.4 Å². The molecule has 2 aromatic rings. The molecule has 0 atom stereocenters. The first-order valence-corrected chi connectivity index (χ1v) is 5.26. The maximum Gasteiger partial charge on any atom is 0.0723 e. The number of benzene rings is 1. The maximum absolute atomic E-state index is 6.16. The van der Waals surface area contributed by atoms with E-state index in [9.17, 15) is 0 Å². The summed E-state index contributed by atoms with van der Waals surface area (Å²) < 4.78 is 0. The van der Waals surface area contributed by atoms with Gasteiger partial charge in [-0.1, -0.05) is 11.6 Å². The lowest BCUT2D eigenvalue weighted by molar-refractivity contribution is 1.05. The van der Waals surface area contributed by atoms with Crippen LogP contribution in [0.2, 0.25) is 5.02 Å². The average molecular weight is 221 g/mol. The molecule has 0 aliphatic carbocycles. The van der Waals surface area contributed by atoms with Crippen molar-refractivity contribution in [2.24, 2.45) is 5.73 Å². The molecule has 0 aliphatic heterocycles. The fraction of sp³-hybridized carbons (Fsp3) is 0.250. The van der Waals surface area contributed by atoms with Crippen molar-refractivity contribution in [3.05, 3.63) is 40.0 Å². The molecule has 15 heavy (non-hydrogen) atoms. The van der Waals surface area contributed by atoms with Gasteiger partial charge in [-0.25, -0.2) is 0 Å². The Labute approximate surface area is 94.1 Å². The number of hydrogen-bond acceptors (Lipinski definition) is 2. The van der Waals surface area contributed by atoms with Crippen LogP contribution < -0.4 is 5.73 Å². The van der Waals surface area contributed by atoms with Crippen molar-refractivity contribution in [3.63, 3.8) is 0 Å². The van der Waals surface area contributed by atoms with Crippen LogP contribution in [0.3, 0.4) is 0 Å². The first-order chi connectivity index (χ1) is 7.11.